The maximum atomic E-state index is 4.53. The van der Waals surface area contributed by atoms with Crippen LogP contribution in [0.1, 0.15) is 51.8 Å². The van der Waals surface area contributed by atoms with Crippen LogP contribution in [-0.4, -0.2) is 17.6 Å². The molecule has 2 heteroatoms. The smallest absolute Gasteiger partial charge is 0.0448 e. The molecule has 0 saturated heterocycles. The van der Waals surface area contributed by atoms with Gasteiger partial charge in [-0.05, 0) is 43.4 Å². The minimum Gasteiger partial charge on any atom is -0.313 e. The lowest BCUT2D eigenvalue weighted by Crippen LogP contribution is -2.44. The van der Waals surface area contributed by atoms with Crippen molar-refractivity contribution in [3.8, 4) is 0 Å². The molecule has 0 aliphatic carbocycles. The first-order valence-electron chi connectivity index (χ1n) is 7.15. The Labute approximate surface area is 112 Å². The van der Waals surface area contributed by atoms with Gasteiger partial charge in [-0.25, -0.2) is 0 Å². The molecule has 0 fully saturated rings. The average Bonchev–Trinajstić information content (AvgIpc) is 2.36. The Hall–Kier alpha value is -0.890. The Morgan fingerprint density at radius 1 is 1.33 bits per heavy atom. The summed E-state index contributed by atoms with van der Waals surface area (Å²) in [6.07, 6.45) is 5.28. The summed E-state index contributed by atoms with van der Waals surface area (Å²) in [6.45, 7) is 12.4. The molecule has 0 spiro atoms. The van der Waals surface area contributed by atoms with E-state index in [9.17, 15) is 0 Å². The van der Waals surface area contributed by atoms with Gasteiger partial charge in [0.15, 0.2) is 0 Å². The van der Waals surface area contributed by atoms with E-state index < -0.39 is 0 Å². The quantitative estimate of drug-likeness (QED) is 0.795. The van der Waals surface area contributed by atoms with Gasteiger partial charge >= 0.3 is 0 Å². The molecule has 1 atom stereocenters. The van der Waals surface area contributed by atoms with E-state index in [4.69, 9.17) is 0 Å². The minimum atomic E-state index is 0.305. The molecule has 1 aromatic heterocycles. The topological polar surface area (TPSA) is 24.9 Å². The van der Waals surface area contributed by atoms with Crippen molar-refractivity contribution >= 4 is 0 Å². The monoisotopic (exact) mass is 248 g/mol. The van der Waals surface area contributed by atoms with E-state index in [-0.39, 0.29) is 0 Å². The van der Waals surface area contributed by atoms with Gasteiger partial charge in [-0.2, -0.15) is 0 Å². The number of hydrogen-bond donors (Lipinski definition) is 1. The first kappa shape index (κ1) is 15.2. The molecule has 2 nitrogen and oxygen atoms in total. The average molecular weight is 248 g/mol. The number of nitrogens with zero attached hydrogens (tertiary/aromatic N) is 1. The summed E-state index contributed by atoms with van der Waals surface area (Å²) in [7, 11) is 0. The Morgan fingerprint density at radius 3 is 2.61 bits per heavy atom. The molecule has 102 valence electrons. The molecule has 0 aromatic carbocycles. The molecular weight excluding hydrogens is 220 g/mol. The number of pyridine rings is 1. The van der Waals surface area contributed by atoms with Crippen LogP contribution in [0.4, 0.5) is 0 Å². The summed E-state index contributed by atoms with van der Waals surface area (Å²) in [5, 5.41) is 3.70. The van der Waals surface area contributed by atoms with Gasteiger partial charge in [0.2, 0.25) is 0 Å². The fourth-order valence-corrected chi connectivity index (χ4v) is 2.12. The Bertz CT molecular complexity index is 358. The van der Waals surface area contributed by atoms with Crippen LogP contribution in [-0.2, 0) is 6.42 Å². The first-order valence-corrected chi connectivity index (χ1v) is 7.15. The molecule has 0 aliphatic heterocycles. The van der Waals surface area contributed by atoms with Crippen molar-refractivity contribution in [2.75, 3.05) is 6.54 Å². The summed E-state index contributed by atoms with van der Waals surface area (Å²) in [6, 6.07) is 4.66. The zero-order chi connectivity index (χ0) is 13.6. The third-order valence-electron chi connectivity index (χ3n) is 4.01. The summed E-state index contributed by atoms with van der Waals surface area (Å²) >= 11 is 0. The molecule has 1 unspecified atom stereocenters. The second-order valence-electron chi connectivity index (χ2n) is 5.82. The Balaban J connectivity index is 2.81. The highest BCUT2D eigenvalue weighted by Crippen LogP contribution is 2.27. The van der Waals surface area contributed by atoms with Crippen molar-refractivity contribution in [2.24, 2.45) is 5.41 Å². The number of aromatic nitrogens is 1. The maximum Gasteiger partial charge on any atom is 0.0448 e. The van der Waals surface area contributed by atoms with Gasteiger partial charge in [-0.3, -0.25) is 4.98 Å². The molecule has 0 saturated carbocycles. The number of nitrogens with one attached hydrogen (secondary N) is 1. The highest BCUT2D eigenvalue weighted by molar-refractivity contribution is 5.19. The summed E-state index contributed by atoms with van der Waals surface area (Å²) < 4.78 is 0. The summed E-state index contributed by atoms with van der Waals surface area (Å²) in [5.74, 6) is 0. The minimum absolute atomic E-state index is 0.305. The van der Waals surface area contributed by atoms with Crippen molar-refractivity contribution < 1.29 is 0 Å². The highest BCUT2D eigenvalue weighted by Gasteiger charge is 2.27. The van der Waals surface area contributed by atoms with Crippen LogP contribution in [0.2, 0.25) is 0 Å². The zero-order valence-corrected chi connectivity index (χ0v) is 12.6. The third-order valence-corrected chi connectivity index (χ3v) is 4.01. The second-order valence-corrected chi connectivity index (χ2v) is 5.82. The van der Waals surface area contributed by atoms with Crippen LogP contribution in [0.3, 0.4) is 0 Å². The van der Waals surface area contributed by atoms with E-state index in [0.29, 0.717) is 11.5 Å². The van der Waals surface area contributed by atoms with Gasteiger partial charge in [0.25, 0.3) is 0 Å². The van der Waals surface area contributed by atoms with E-state index in [0.717, 1.165) is 13.0 Å². The predicted molar refractivity (Wildman–Crippen MR) is 78.8 cm³/mol. The van der Waals surface area contributed by atoms with Gasteiger partial charge in [0.05, 0.1) is 0 Å². The molecule has 1 aromatic rings. The first-order chi connectivity index (χ1) is 8.51. The van der Waals surface area contributed by atoms with Crippen molar-refractivity contribution in [2.45, 2.75) is 59.9 Å². The molecule has 0 aliphatic rings. The van der Waals surface area contributed by atoms with Gasteiger partial charge in [0.1, 0.15) is 0 Å². The normalized spacial score (nSPS) is 13.6. The van der Waals surface area contributed by atoms with E-state index >= 15 is 0 Å². The standard InChI is InChI=1S/C16H28N2/c1-6-10-18-15(16(4,5)7-2)12-14-13(3)9-8-11-17-14/h8-9,11,15,18H,6-7,10,12H2,1-5H3. The predicted octanol–water partition coefficient (Wildman–Crippen LogP) is 3.74. The van der Waals surface area contributed by atoms with Gasteiger partial charge in [-0.15, -0.1) is 0 Å². The van der Waals surface area contributed by atoms with Crippen LogP contribution in [0.25, 0.3) is 0 Å². The van der Waals surface area contributed by atoms with Crippen molar-refractivity contribution in [3.05, 3.63) is 29.6 Å². The van der Waals surface area contributed by atoms with Crippen LogP contribution in [0.5, 0.6) is 0 Å². The fourth-order valence-electron chi connectivity index (χ4n) is 2.12. The molecule has 18 heavy (non-hydrogen) atoms. The number of rotatable bonds is 7. The van der Waals surface area contributed by atoms with Crippen LogP contribution in [0, 0.1) is 12.3 Å². The van der Waals surface area contributed by atoms with Crippen molar-refractivity contribution in [3.63, 3.8) is 0 Å². The lowest BCUT2D eigenvalue weighted by Gasteiger charge is -2.34. The zero-order valence-electron chi connectivity index (χ0n) is 12.6. The van der Waals surface area contributed by atoms with Crippen molar-refractivity contribution in [1.82, 2.24) is 10.3 Å². The SMILES string of the molecule is CCCNC(Cc1ncccc1C)C(C)(C)CC. The van der Waals surface area contributed by atoms with E-state index in [1.165, 1.54) is 24.1 Å². The molecule has 1 heterocycles. The largest absolute Gasteiger partial charge is 0.313 e. The molecule has 1 N–H and O–H groups in total. The summed E-state index contributed by atoms with van der Waals surface area (Å²) in [5.41, 5.74) is 2.83. The van der Waals surface area contributed by atoms with Gasteiger partial charge in [-0.1, -0.05) is 33.8 Å². The fraction of sp³-hybridized carbons (Fsp3) is 0.688. The van der Waals surface area contributed by atoms with E-state index in [1.54, 1.807) is 0 Å². The molecule has 0 amide bonds. The molecular formula is C16H28N2. The second kappa shape index (κ2) is 6.89. The Morgan fingerprint density at radius 2 is 2.06 bits per heavy atom. The van der Waals surface area contributed by atoms with E-state index in [1.807, 2.05) is 12.3 Å². The molecule has 0 radical (unpaired) electrons. The van der Waals surface area contributed by atoms with Gasteiger partial charge < -0.3 is 5.32 Å². The van der Waals surface area contributed by atoms with Crippen LogP contribution < -0.4 is 5.32 Å². The molecule has 1 rings (SSSR count). The van der Waals surface area contributed by atoms with Crippen molar-refractivity contribution in [1.29, 1.82) is 0 Å². The van der Waals surface area contributed by atoms with Gasteiger partial charge in [0, 0.05) is 24.4 Å². The maximum absolute atomic E-state index is 4.53. The van der Waals surface area contributed by atoms with E-state index in [2.05, 4.69) is 51.0 Å². The number of hydrogen-bond acceptors (Lipinski definition) is 2. The lowest BCUT2D eigenvalue weighted by molar-refractivity contribution is 0.229. The third kappa shape index (κ3) is 4.09. The van der Waals surface area contributed by atoms with Crippen LogP contribution >= 0.6 is 0 Å². The summed E-state index contributed by atoms with van der Waals surface area (Å²) in [4.78, 5) is 4.53. The van der Waals surface area contributed by atoms with Crippen LogP contribution in [0.15, 0.2) is 18.3 Å². The molecule has 0 bridgehead atoms. The number of aryl methyl sites for hydroxylation is 1. The highest BCUT2D eigenvalue weighted by atomic mass is 14.9. The Kier molecular flexibility index (Phi) is 5.80. The lowest BCUT2D eigenvalue weighted by atomic mass is 9.79.